The van der Waals surface area contributed by atoms with Crippen LogP contribution in [0.15, 0.2) is 41.1 Å². The molecule has 0 aliphatic rings. The molecule has 106 valence electrons. The molecule has 3 aromatic rings. The van der Waals surface area contributed by atoms with Crippen LogP contribution in [0.3, 0.4) is 0 Å². The molecule has 0 atom stereocenters. The average Bonchev–Trinajstić information content (AvgIpc) is 2.82. The zero-order valence-electron chi connectivity index (χ0n) is 10.9. The van der Waals surface area contributed by atoms with Crippen molar-refractivity contribution in [3.05, 3.63) is 62.6 Å². The molecule has 0 N–H and O–H groups in total. The third-order valence-electron chi connectivity index (χ3n) is 3.17. The average molecular weight is 350 g/mol. The molecule has 0 radical (unpaired) electrons. The van der Waals surface area contributed by atoms with Gasteiger partial charge in [0.25, 0.3) is 0 Å². The van der Waals surface area contributed by atoms with Gasteiger partial charge in [0, 0.05) is 28.5 Å². The lowest BCUT2D eigenvalue weighted by Gasteiger charge is -1.98. The fourth-order valence-corrected chi connectivity index (χ4v) is 2.39. The predicted molar refractivity (Wildman–Crippen MR) is 79.7 cm³/mol. The van der Waals surface area contributed by atoms with E-state index in [0.29, 0.717) is 11.3 Å². The van der Waals surface area contributed by atoms with Gasteiger partial charge in [0.1, 0.15) is 5.65 Å². The maximum atomic E-state index is 13.4. The molecule has 2 aromatic heterocycles. The van der Waals surface area contributed by atoms with Gasteiger partial charge in [-0.05, 0) is 46.6 Å². The van der Waals surface area contributed by atoms with E-state index in [4.69, 9.17) is 0 Å². The van der Waals surface area contributed by atoms with Crippen molar-refractivity contribution in [1.29, 1.82) is 0 Å². The lowest BCUT2D eigenvalue weighted by atomic mass is 10.1. The van der Waals surface area contributed by atoms with Gasteiger partial charge in [-0.1, -0.05) is 0 Å². The van der Waals surface area contributed by atoms with E-state index < -0.39 is 16.4 Å². The summed E-state index contributed by atoms with van der Waals surface area (Å²) in [7, 11) is 0. The monoisotopic (exact) mass is 349 g/mol. The number of hydrogen-bond donors (Lipinski definition) is 0. The summed E-state index contributed by atoms with van der Waals surface area (Å²) < 4.78 is 16.1. The second-order valence-electron chi connectivity index (χ2n) is 4.62. The zero-order valence-corrected chi connectivity index (χ0v) is 12.5. The van der Waals surface area contributed by atoms with Crippen molar-refractivity contribution >= 4 is 27.3 Å². The Morgan fingerprint density at radius 1 is 1.33 bits per heavy atom. The van der Waals surface area contributed by atoms with Gasteiger partial charge in [0.05, 0.1) is 10.6 Å². The smallest absolute Gasteiger partial charge is 0.305 e. The van der Waals surface area contributed by atoms with Crippen LogP contribution < -0.4 is 0 Å². The standard InChI is InChI=1S/C14H9BrFN3O2/c1-8-4-14-17-12(7-18(14)6-10(8)15)9-2-3-11(16)13(5-9)19(20)21/h2-7H,1H3. The highest BCUT2D eigenvalue weighted by Gasteiger charge is 2.16. The van der Waals surface area contributed by atoms with Crippen molar-refractivity contribution in [2.75, 3.05) is 0 Å². The fraction of sp³-hybridized carbons (Fsp3) is 0.0714. The Balaban J connectivity index is 2.16. The summed E-state index contributed by atoms with van der Waals surface area (Å²) >= 11 is 3.43. The molecular formula is C14H9BrFN3O2. The molecule has 1 aromatic carbocycles. The molecule has 0 saturated carbocycles. The van der Waals surface area contributed by atoms with Crippen molar-refractivity contribution in [2.24, 2.45) is 0 Å². The van der Waals surface area contributed by atoms with Crippen LogP contribution in [-0.2, 0) is 0 Å². The zero-order chi connectivity index (χ0) is 15.1. The Morgan fingerprint density at radius 2 is 2.10 bits per heavy atom. The highest BCUT2D eigenvalue weighted by Crippen LogP contribution is 2.27. The number of fused-ring (bicyclic) bond motifs is 1. The molecule has 0 bridgehead atoms. The van der Waals surface area contributed by atoms with Crippen LogP contribution in [0.4, 0.5) is 10.1 Å². The van der Waals surface area contributed by atoms with E-state index in [2.05, 4.69) is 20.9 Å². The molecule has 2 heterocycles. The Bertz CT molecular complexity index is 837. The molecular weight excluding hydrogens is 341 g/mol. The largest absolute Gasteiger partial charge is 0.305 e. The predicted octanol–water partition coefficient (Wildman–Crippen LogP) is 4.12. The maximum absolute atomic E-state index is 13.4. The third kappa shape index (κ3) is 2.40. The molecule has 0 aliphatic carbocycles. The summed E-state index contributed by atoms with van der Waals surface area (Å²) in [6, 6.07) is 5.65. The number of nitro groups is 1. The molecule has 5 nitrogen and oxygen atoms in total. The normalized spacial score (nSPS) is 11.0. The number of nitrogens with zero attached hydrogens (tertiary/aromatic N) is 3. The number of rotatable bonds is 2. The number of hydrogen-bond acceptors (Lipinski definition) is 3. The van der Waals surface area contributed by atoms with Crippen LogP contribution in [0.2, 0.25) is 0 Å². The minimum absolute atomic E-state index is 0.501. The number of nitro benzene ring substituents is 1. The van der Waals surface area contributed by atoms with Gasteiger partial charge in [-0.25, -0.2) is 4.98 Å². The molecule has 0 saturated heterocycles. The van der Waals surface area contributed by atoms with Gasteiger partial charge >= 0.3 is 5.69 Å². The van der Waals surface area contributed by atoms with Crippen molar-refractivity contribution in [2.45, 2.75) is 6.92 Å². The number of imidazole rings is 1. The van der Waals surface area contributed by atoms with Crippen LogP contribution in [0.1, 0.15) is 5.56 Å². The molecule has 0 amide bonds. The van der Waals surface area contributed by atoms with Crippen molar-refractivity contribution in [3.63, 3.8) is 0 Å². The number of pyridine rings is 1. The summed E-state index contributed by atoms with van der Waals surface area (Å²) in [5.74, 6) is -0.855. The Labute approximate surface area is 127 Å². The highest BCUT2D eigenvalue weighted by molar-refractivity contribution is 9.10. The van der Waals surface area contributed by atoms with Crippen LogP contribution >= 0.6 is 15.9 Å². The van der Waals surface area contributed by atoms with Crippen LogP contribution in [0.5, 0.6) is 0 Å². The van der Waals surface area contributed by atoms with E-state index in [1.165, 1.54) is 12.1 Å². The van der Waals surface area contributed by atoms with Crippen molar-refractivity contribution in [1.82, 2.24) is 9.38 Å². The highest BCUT2D eigenvalue weighted by atomic mass is 79.9. The van der Waals surface area contributed by atoms with Gasteiger partial charge in [-0.2, -0.15) is 4.39 Å². The summed E-state index contributed by atoms with van der Waals surface area (Å²) in [6.45, 7) is 1.95. The Morgan fingerprint density at radius 3 is 2.81 bits per heavy atom. The lowest BCUT2D eigenvalue weighted by molar-refractivity contribution is -0.387. The molecule has 0 aliphatic heterocycles. The van der Waals surface area contributed by atoms with Gasteiger partial charge < -0.3 is 4.40 Å². The van der Waals surface area contributed by atoms with Crippen molar-refractivity contribution < 1.29 is 9.31 Å². The fourth-order valence-electron chi connectivity index (χ4n) is 2.06. The first-order chi connectivity index (χ1) is 9.95. The first kappa shape index (κ1) is 13.7. The van der Waals surface area contributed by atoms with Gasteiger partial charge in [0.15, 0.2) is 0 Å². The number of halogens is 2. The molecule has 3 rings (SSSR count). The van der Waals surface area contributed by atoms with Gasteiger partial charge in [-0.15, -0.1) is 0 Å². The van der Waals surface area contributed by atoms with Gasteiger partial charge in [-0.3, -0.25) is 10.1 Å². The summed E-state index contributed by atoms with van der Waals surface area (Å²) in [4.78, 5) is 14.5. The maximum Gasteiger partial charge on any atom is 0.305 e. The molecule has 0 fully saturated rings. The van der Waals surface area contributed by atoms with Crippen LogP contribution in [-0.4, -0.2) is 14.3 Å². The minimum Gasteiger partial charge on any atom is -0.305 e. The number of aryl methyl sites for hydroxylation is 1. The summed E-state index contributed by atoms with van der Waals surface area (Å²) in [5.41, 5.74) is 2.25. The van der Waals surface area contributed by atoms with Crippen LogP contribution in [0.25, 0.3) is 16.9 Å². The minimum atomic E-state index is -0.855. The van der Waals surface area contributed by atoms with E-state index in [9.17, 15) is 14.5 Å². The first-order valence-electron chi connectivity index (χ1n) is 6.05. The second kappa shape index (κ2) is 4.92. The van der Waals surface area contributed by atoms with E-state index in [-0.39, 0.29) is 0 Å². The SMILES string of the molecule is Cc1cc2nc(-c3ccc(F)c([N+](=O)[O-])c3)cn2cc1Br. The lowest BCUT2D eigenvalue weighted by Crippen LogP contribution is -1.92. The summed E-state index contributed by atoms with van der Waals surface area (Å²) in [6.07, 6.45) is 3.61. The Hall–Kier alpha value is -2.28. The van der Waals surface area contributed by atoms with Crippen molar-refractivity contribution in [3.8, 4) is 11.3 Å². The quantitative estimate of drug-likeness (QED) is 0.516. The van der Waals surface area contributed by atoms with E-state index in [1.807, 2.05) is 23.6 Å². The molecule has 0 spiro atoms. The number of benzene rings is 1. The topological polar surface area (TPSA) is 60.4 Å². The van der Waals surface area contributed by atoms with E-state index >= 15 is 0 Å². The molecule has 21 heavy (non-hydrogen) atoms. The third-order valence-corrected chi connectivity index (χ3v) is 4.00. The Kier molecular flexibility index (Phi) is 3.21. The molecule has 0 unspecified atom stereocenters. The van der Waals surface area contributed by atoms with Gasteiger partial charge in [0.2, 0.25) is 5.82 Å². The number of aromatic nitrogens is 2. The van der Waals surface area contributed by atoms with Crippen LogP contribution in [0, 0.1) is 22.9 Å². The molecule has 7 heteroatoms. The van der Waals surface area contributed by atoms with E-state index in [0.717, 1.165) is 21.7 Å². The first-order valence-corrected chi connectivity index (χ1v) is 6.84. The summed E-state index contributed by atoms with van der Waals surface area (Å²) in [5, 5.41) is 10.8. The second-order valence-corrected chi connectivity index (χ2v) is 5.47. The van der Waals surface area contributed by atoms with E-state index in [1.54, 1.807) is 6.20 Å².